The van der Waals surface area contributed by atoms with E-state index in [4.69, 9.17) is 0 Å². The van der Waals surface area contributed by atoms with E-state index in [1.807, 2.05) is 0 Å². The van der Waals surface area contributed by atoms with Crippen molar-refractivity contribution in [2.24, 2.45) is 5.92 Å². The van der Waals surface area contributed by atoms with Crippen molar-refractivity contribution in [3.8, 4) is 0 Å². The van der Waals surface area contributed by atoms with Crippen LogP contribution < -0.4 is 0 Å². The normalized spacial score (nSPS) is 12.8. The molecule has 0 aromatic rings. The Balaban J connectivity index is 4.30. The van der Waals surface area contributed by atoms with E-state index in [0.717, 1.165) is 6.92 Å². The van der Waals surface area contributed by atoms with Gasteiger partial charge in [0.25, 0.3) is 6.43 Å². The second kappa shape index (κ2) is 4.79. The Morgan fingerprint density at radius 3 is 2.17 bits per heavy atom. The summed E-state index contributed by atoms with van der Waals surface area (Å²) in [6.45, 7) is 2.42. The first-order chi connectivity index (χ1) is 5.50. The highest BCUT2D eigenvalue weighted by Gasteiger charge is 2.33. The third-order valence-corrected chi connectivity index (χ3v) is 1.23. The Labute approximate surface area is 68.7 Å². The van der Waals surface area contributed by atoms with Crippen LogP contribution >= 0.6 is 0 Å². The number of rotatable bonds is 4. The summed E-state index contributed by atoms with van der Waals surface area (Å²) < 4.78 is 28.3. The fraction of sp³-hybridized carbons (Fsp3) is 0.714. The quantitative estimate of drug-likeness (QED) is 0.479. The molecule has 12 heavy (non-hydrogen) atoms. The summed E-state index contributed by atoms with van der Waals surface area (Å²) in [4.78, 5) is 21.2. The molecule has 0 bridgehead atoms. The van der Waals surface area contributed by atoms with Crippen molar-refractivity contribution in [2.75, 3.05) is 6.61 Å². The fourth-order valence-electron chi connectivity index (χ4n) is 0.678. The van der Waals surface area contributed by atoms with Crippen LogP contribution in [0.3, 0.4) is 0 Å². The molecule has 0 aliphatic heterocycles. The molecule has 0 heterocycles. The van der Waals surface area contributed by atoms with Crippen LogP contribution in [0.25, 0.3) is 0 Å². The van der Waals surface area contributed by atoms with Gasteiger partial charge in [0.2, 0.25) is 0 Å². The molecule has 0 spiro atoms. The van der Waals surface area contributed by atoms with E-state index < -0.39 is 24.1 Å². The maximum atomic E-state index is 12.0. The highest BCUT2D eigenvalue weighted by Crippen LogP contribution is 2.12. The van der Waals surface area contributed by atoms with E-state index in [-0.39, 0.29) is 6.61 Å². The zero-order valence-electron chi connectivity index (χ0n) is 6.84. The molecule has 0 rings (SSSR count). The number of Topliss-reactive ketones (excluding diaryl/α,β-unsaturated/α-hetero) is 1. The van der Waals surface area contributed by atoms with Gasteiger partial charge in [-0.2, -0.15) is 0 Å². The number of ether oxygens (including phenoxy) is 1. The zero-order chi connectivity index (χ0) is 9.72. The van der Waals surface area contributed by atoms with Gasteiger partial charge in [-0.25, -0.2) is 8.78 Å². The largest absolute Gasteiger partial charge is 0.465 e. The second-order valence-corrected chi connectivity index (χ2v) is 2.17. The van der Waals surface area contributed by atoms with Crippen molar-refractivity contribution in [1.82, 2.24) is 0 Å². The van der Waals surface area contributed by atoms with Gasteiger partial charge in [-0.1, -0.05) is 0 Å². The summed E-state index contributed by atoms with van der Waals surface area (Å²) in [5.74, 6) is -3.95. The fourth-order valence-corrected chi connectivity index (χ4v) is 0.678. The lowest BCUT2D eigenvalue weighted by Crippen LogP contribution is -2.30. The van der Waals surface area contributed by atoms with Crippen LogP contribution in [0.2, 0.25) is 0 Å². The molecule has 0 aromatic carbocycles. The summed E-state index contributed by atoms with van der Waals surface area (Å²) in [5, 5.41) is 0. The van der Waals surface area contributed by atoms with Gasteiger partial charge in [0, 0.05) is 0 Å². The zero-order valence-corrected chi connectivity index (χ0v) is 6.84. The Morgan fingerprint density at radius 1 is 1.42 bits per heavy atom. The Hall–Kier alpha value is -1.00. The number of halogens is 2. The Bertz CT molecular complexity index is 179. The number of hydrogen-bond acceptors (Lipinski definition) is 3. The number of esters is 1. The summed E-state index contributed by atoms with van der Waals surface area (Å²) in [5.41, 5.74) is 0. The van der Waals surface area contributed by atoms with Crippen LogP contribution in [0.1, 0.15) is 13.8 Å². The predicted octanol–water partition coefficient (Wildman–Crippen LogP) is 1.02. The summed E-state index contributed by atoms with van der Waals surface area (Å²) >= 11 is 0. The van der Waals surface area contributed by atoms with Crippen LogP contribution in [-0.4, -0.2) is 24.8 Å². The molecule has 0 radical (unpaired) electrons. The van der Waals surface area contributed by atoms with Crippen LogP contribution in [0.5, 0.6) is 0 Å². The predicted molar refractivity (Wildman–Crippen MR) is 36.8 cm³/mol. The SMILES string of the molecule is CCOC(=O)C(C(C)=O)C(F)F. The number of ketones is 1. The molecule has 0 aliphatic rings. The highest BCUT2D eigenvalue weighted by atomic mass is 19.3. The van der Waals surface area contributed by atoms with E-state index in [0.29, 0.717) is 0 Å². The molecule has 0 amide bonds. The molecular formula is C7H10F2O3. The second-order valence-electron chi connectivity index (χ2n) is 2.17. The van der Waals surface area contributed by atoms with Gasteiger partial charge in [-0.3, -0.25) is 9.59 Å². The lowest BCUT2D eigenvalue weighted by Gasteiger charge is -2.10. The van der Waals surface area contributed by atoms with Gasteiger partial charge in [0.15, 0.2) is 5.92 Å². The van der Waals surface area contributed by atoms with Crippen molar-refractivity contribution in [3.63, 3.8) is 0 Å². The monoisotopic (exact) mass is 180 g/mol. The van der Waals surface area contributed by atoms with Crippen molar-refractivity contribution in [1.29, 1.82) is 0 Å². The van der Waals surface area contributed by atoms with E-state index in [1.54, 1.807) is 0 Å². The van der Waals surface area contributed by atoms with E-state index in [2.05, 4.69) is 4.74 Å². The number of hydrogen-bond donors (Lipinski definition) is 0. The first-order valence-electron chi connectivity index (χ1n) is 3.46. The molecule has 0 fully saturated rings. The van der Waals surface area contributed by atoms with E-state index in [9.17, 15) is 18.4 Å². The average Bonchev–Trinajstić information content (AvgIpc) is 1.85. The van der Waals surface area contributed by atoms with Crippen LogP contribution in [-0.2, 0) is 14.3 Å². The molecule has 1 atom stereocenters. The van der Waals surface area contributed by atoms with Crippen molar-refractivity contribution in [2.45, 2.75) is 20.3 Å². The summed E-state index contributed by atoms with van der Waals surface area (Å²) in [6, 6.07) is 0. The van der Waals surface area contributed by atoms with Crippen LogP contribution in [0.15, 0.2) is 0 Å². The first kappa shape index (κ1) is 11.0. The third-order valence-electron chi connectivity index (χ3n) is 1.23. The number of carbonyl (C=O) groups excluding carboxylic acids is 2. The van der Waals surface area contributed by atoms with Crippen molar-refractivity contribution < 1.29 is 23.1 Å². The topological polar surface area (TPSA) is 43.4 Å². The lowest BCUT2D eigenvalue weighted by molar-refractivity contribution is -0.157. The standard InChI is InChI=1S/C7H10F2O3/c1-3-12-7(11)5(4(2)10)6(8)9/h5-6H,3H2,1-2H3. The van der Waals surface area contributed by atoms with Gasteiger partial charge >= 0.3 is 5.97 Å². The maximum absolute atomic E-state index is 12.0. The van der Waals surface area contributed by atoms with Gasteiger partial charge in [0.1, 0.15) is 5.78 Å². The molecule has 0 aromatic heterocycles. The lowest BCUT2D eigenvalue weighted by atomic mass is 10.1. The first-order valence-corrected chi connectivity index (χ1v) is 3.46. The molecule has 0 aliphatic carbocycles. The summed E-state index contributed by atoms with van der Waals surface area (Å²) in [6.07, 6.45) is -2.98. The Morgan fingerprint density at radius 2 is 1.92 bits per heavy atom. The van der Waals surface area contributed by atoms with Gasteiger partial charge in [0.05, 0.1) is 6.61 Å². The minimum atomic E-state index is -2.98. The molecule has 0 saturated heterocycles. The number of alkyl halides is 2. The molecule has 0 saturated carbocycles. The van der Waals surface area contributed by atoms with Gasteiger partial charge in [-0.05, 0) is 13.8 Å². The molecule has 0 N–H and O–H groups in total. The van der Waals surface area contributed by atoms with Gasteiger partial charge < -0.3 is 4.74 Å². The minimum absolute atomic E-state index is 0.00463. The minimum Gasteiger partial charge on any atom is -0.465 e. The average molecular weight is 180 g/mol. The molecule has 70 valence electrons. The van der Waals surface area contributed by atoms with E-state index >= 15 is 0 Å². The van der Waals surface area contributed by atoms with Crippen LogP contribution in [0.4, 0.5) is 8.78 Å². The molecular weight excluding hydrogens is 170 g/mol. The summed E-state index contributed by atoms with van der Waals surface area (Å²) in [7, 11) is 0. The molecule has 1 unspecified atom stereocenters. The smallest absolute Gasteiger partial charge is 0.322 e. The van der Waals surface area contributed by atoms with Crippen molar-refractivity contribution >= 4 is 11.8 Å². The Kier molecular flexibility index (Phi) is 4.39. The molecule has 5 heteroatoms. The molecule has 3 nitrogen and oxygen atoms in total. The third kappa shape index (κ3) is 2.94. The highest BCUT2D eigenvalue weighted by molar-refractivity contribution is 5.98. The number of carbonyl (C=O) groups is 2. The van der Waals surface area contributed by atoms with E-state index in [1.165, 1.54) is 6.92 Å². The van der Waals surface area contributed by atoms with Crippen LogP contribution in [0, 0.1) is 5.92 Å². The maximum Gasteiger partial charge on any atom is 0.322 e. The van der Waals surface area contributed by atoms with Crippen molar-refractivity contribution in [3.05, 3.63) is 0 Å². The van der Waals surface area contributed by atoms with Gasteiger partial charge in [-0.15, -0.1) is 0 Å².